The molecule has 0 aromatic heterocycles. The number of hydrogen-bond acceptors (Lipinski definition) is 0. The summed E-state index contributed by atoms with van der Waals surface area (Å²) < 4.78 is 0.911. The summed E-state index contributed by atoms with van der Waals surface area (Å²) >= 11 is -5.49. The van der Waals surface area contributed by atoms with Gasteiger partial charge in [-0.1, -0.05) is 0 Å². The zero-order chi connectivity index (χ0) is 34.2. The van der Waals surface area contributed by atoms with Gasteiger partial charge in [0, 0.05) is 0 Å². The SMILES string of the molecule is CC1=CC(C(C)(C)C)=C[CH]1[Zr]([Cl])([Cl])(=[C](c1ccccc1)c1ccccc1)[CH]1c2ccc(C(C)(C)C)cc2-c2cc(C(C)(C)C)ccc21. The summed E-state index contributed by atoms with van der Waals surface area (Å²) in [7, 11) is 17.8. The average molecular weight is 741 g/mol. The Hall–Kier alpha value is -2.31. The molecule has 0 saturated heterocycles. The van der Waals surface area contributed by atoms with Crippen LogP contribution in [0.5, 0.6) is 0 Å². The first kappa shape index (κ1) is 34.6. The quantitative estimate of drug-likeness (QED) is 0.195. The van der Waals surface area contributed by atoms with E-state index in [1.54, 1.807) is 0 Å². The number of hydrogen-bond donors (Lipinski definition) is 0. The molecule has 0 spiro atoms. The van der Waals surface area contributed by atoms with Gasteiger partial charge in [-0.2, -0.15) is 0 Å². The van der Waals surface area contributed by atoms with E-state index in [9.17, 15) is 0 Å². The standard InChI is InChI=1S/C21H25.C13H10.C10H15.2ClH.Zr/c1-20(2,3)16-9-7-14-11-15-8-10-17(21(4,5)6)13-19(15)18(14)12-16;1-3-7-12(8-4-1)11-13-9-5-2-6-10-13;1-8-5-6-9(7-8)10(2,3)4;;;/h7-13H,1-6H3;1-10H;5-7H,1-4H3;2*1H;/q;;;;;+2/p-2. The van der Waals surface area contributed by atoms with Crippen LogP contribution >= 0.6 is 17.0 Å². The number of fused-ring (bicyclic) bond motifs is 3. The Labute approximate surface area is 291 Å². The van der Waals surface area contributed by atoms with Crippen molar-refractivity contribution in [2.75, 3.05) is 0 Å². The van der Waals surface area contributed by atoms with Crippen molar-refractivity contribution in [1.29, 1.82) is 0 Å². The minimum atomic E-state index is -5.49. The number of benzene rings is 4. The number of halogens is 2. The second kappa shape index (κ2) is 11.6. The topological polar surface area (TPSA) is 0 Å². The Balaban J connectivity index is 1.84. The fraction of sp³-hybridized carbons (Fsp3) is 0.341. The van der Waals surface area contributed by atoms with Crippen molar-refractivity contribution in [2.24, 2.45) is 5.41 Å². The van der Waals surface area contributed by atoms with Crippen LogP contribution in [-0.2, 0) is 26.7 Å². The summed E-state index contributed by atoms with van der Waals surface area (Å²) in [4.78, 5) is 0. The molecule has 1 atom stereocenters. The third-order valence-corrected chi connectivity index (χ3v) is 30.4. The predicted octanol–water partition coefficient (Wildman–Crippen LogP) is 13.3. The molecule has 3 heteroatoms. The van der Waals surface area contributed by atoms with E-state index < -0.39 is 15.9 Å². The Morgan fingerprint density at radius 1 is 0.574 bits per heavy atom. The summed E-state index contributed by atoms with van der Waals surface area (Å²) in [5.74, 6) is 0. The molecule has 0 amide bonds. The molecular weight excluding hydrogens is 691 g/mol. The van der Waals surface area contributed by atoms with Crippen LogP contribution in [0.1, 0.15) is 106 Å². The van der Waals surface area contributed by atoms with Crippen molar-refractivity contribution < 1.29 is 15.9 Å². The van der Waals surface area contributed by atoms with Crippen LogP contribution in [0.25, 0.3) is 11.1 Å². The van der Waals surface area contributed by atoms with Crippen molar-refractivity contribution in [2.45, 2.75) is 87.3 Å². The van der Waals surface area contributed by atoms with E-state index in [2.05, 4.69) is 178 Å². The zero-order valence-electron chi connectivity index (χ0n) is 29.8. The van der Waals surface area contributed by atoms with Crippen LogP contribution in [-0.4, -0.2) is 3.21 Å². The second-order valence-corrected chi connectivity index (χ2v) is 37.7. The molecular formula is C44H50Cl2Zr. The van der Waals surface area contributed by atoms with Gasteiger partial charge in [-0.15, -0.1) is 0 Å². The number of allylic oxidation sites excluding steroid dienone is 4. The van der Waals surface area contributed by atoms with Crippen molar-refractivity contribution in [3.05, 3.63) is 154 Å². The van der Waals surface area contributed by atoms with E-state index in [1.807, 2.05) is 0 Å². The molecule has 2 aliphatic carbocycles. The molecule has 0 heterocycles. The molecule has 2 aliphatic rings. The Morgan fingerprint density at radius 2 is 1.00 bits per heavy atom. The fourth-order valence-electron chi connectivity index (χ4n) is 7.89. The van der Waals surface area contributed by atoms with E-state index in [4.69, 9.17) is 17.0 Å². The molecule has 0 nitrogen and oxygen atoms in total. The van der Waals surface area contributed by atoms with Gasteiger partial charge in [-0.25, -0.2) is 0 Å². The molecule has 0 N–H and O–H groups in total. The summed E-state index contributed by atoms with van der Waals surface area (Å²) in [6.45, 7) is 22.9. The van der Waals surface area contributed by atoms with Crippen molar-refractivity contribution in [1.82, 2.24) is 0 Å². The van der Waals surface area contributed by atoms with E-state index in [0.29, 0.717) is 0 Å². The maximum atomic E-state index is 8.92. The molecule has 6 rings (SSSR count). The summed E-state index contributed by atoms with van der Waals surface area (Å²) in [6.07, 6.45) is 4.83. The molecule has 0 saturated carbocycles. The first-order chi connectivity index (χ1) is 21.8. The van der Waals surface area contributed by atoms with Crippen molar-refractivity contribution in [3.63, 3.8) is 0 Å². The molecule has 0 fully saturated rings. The van der Waals surface area contributed by atoms with Gasteiger partial charge in [0.25, 0.3) is 0 Å². The van der Waals surface area contributed by atoms with E-state index in [-0.39, 0.29) is 23.5 Å². The van der Waals surface area contributed by atoms with E-state index in [1.165, 1.54) is 44.5 Å². The third-order valence-electron chi connectivity index (χ3n) is 10.5. The van der Waals surface area contributed by atoms with Crippen LogP contribution in [0, 0.1) is 5.41 Å². The maximum absolute atomic E-state index is 8.92. The van der Waals surface area contributed by atoms with Gasteiger partial charge in [0.15, 0.2) is 0 Å². The Bertz CT molecular complexity index is 1880. The Kier molecular flexibility index (Phi) is 8.56. The summed E-state index contributed by atoms with van der Waals surface area (Å²) in [6, 6.07) is 35.8. The first-order valence-electron chi connectivity index (χ1n) is 17.1. The summed E-state index contributed by atoms with van der Waals surface area (Å²) in [5.41, 5.74) is 12.6. The molecule has 47 heavy (non-hydrogen) atoms. The van der Waals surface area contributed by atoms with Crippen LogP contribution in [0.4, 0.5) is 0 Å². The third kappa shape index (κ3) is 5.88. The van der Waals surface area contributed by atoms with Gasteiger partial charge in [-0.05, 0) is 0 Å². The molecule has 0 bridgehead atoms. The van der Waals surface area contributed by atoms with Gasteiger partial charge < -0.3 is 0 Å². The molecule has 4 aromatic carbocycles. The minimum absolute atomic E-state index is 0.00929. The van der Waals surface area contributed by atoms with E-state index in [0.717, 1.165) is 14.3 Å². The van der Waals surface area contributed by atoms with Crippen LogP contribution in [0.15, 0.2) is 120 Å². The molecule has 0 radical (unpaired) electrons. The van der Waals surface area contributed by atoms with Gasteiger partial charge in [-0.3, -0.25) is 0 Å². The van der Waals surface area contributed by atoms with Crippen LogP contribution < -0.4 is 0 Å². The van der Waals surface area contributed by atoms with Crippen LogP contribution in [0.2, 0.25) is 3.63 Å². The first-order valence-corrected chi connectivity index (χ1v) is 27.5. The Morgan fingerprint density at radius 3 is 1.36 bits per heavy atom. The van der Waals surface area contributed by atoms with Crippen molar-refractivity contribution >= 4 is 20.2 Å². The molecule has 4 aromatic rings. The normalized spacial score (nSPS) is 17.3. The van der Waals surface area contributed by atoms with Gasteiger partial charge in [0.1, 0.15) is 0 Å². The van der Waals surface area contributed by atoms with E-state index >= 15 is 0 Å². The number of rotatable bonds is 4. The molecule has 1 unspecified atom stereocenters. The molecule has 244 valence electrons. The fourth-order valence-corrected chi connectivity index (χ4v) is 29.4. The van der Waals surface area contributed by atoms with Gasteiger partial charge >= 0.3 is 294 Å². The second-order valence-electron chi connectivity index (χ2n) is 17.0. The van der Waals surface area contributed by atoms with Crippen LogP contribution in [0.3, 0.4) is 0 Å². The summed E-state index contributed by atoms with van der Waals surface area (Å²) in [5, 5.41) is 0. The average Bonchev–Trinajstić information content (AvgIpc) is 3.56. The monoisotopic (exact) mass is 738 g/mol. The van der Waals surface area contributed by atoms with Crippen molar-refractivity contribution in [3.8, 4) is 11.1 Å². The zero-order valence-corrected chi connectivity index (χ0v) is 33.8. The van der Waals surface area contributed by atoms with Gasteiger partial charge in [0.2, 0.25) is 0 Å². The predicted molar refractivity (Wildman–Crippen MR) is 204 cm³/mol. The van der Waals surface area contributed by atoms with Gasteiger partial charge in [0.05, 0.1) is 0 Å². The molecule has 0 aliphatic heterocycles.